The number of aromatic nitrogens is 2. The standard InChI is InChI=1S/C35H38F3N7O3S/c1-4-32(46)45-18-8-10-26(22-45)25-9-7-11-28(19-25)39-20-24-14-16-27(17-15-24)41-34-40-21-29(35(36,37)38)33(43-34)42-30-12-5-6-13-31(30)49(47,48)44-23(2)3/h4-7,9,11-17,19,21,23,26,39,44H,1,8,10,18,20,22H2,2-3H3,(H2,40,41,42,43). The summed E-state index contributed by atoms with van der Waals surface area (Å²) >= 11 is 0. The van der Waals surface area contributed by atoms with E-state index in [2.05, 4.69) is 49.4 Å². The average molecular weight is 694 g/mol. The van der Waals surface area contributed by atoms with Crippen molar-refractivity contribution >= 4 is 44.8 Å². The molecule has 1 fully saturated rings. The molecule has 10 nitrogen and oxygen atoms in total. The highest BCUT2D eigenvalue weighted by Gasteiger charge is 2.36. The molecular formula is C35H38F3N7O3S. The number of nitrogens with one attached hydrogen (secondary N) is 4. The monoisotopic (exact) mass is 693 g/mol. The van der Waals surface area contributed by atoms with Gasteiger partial charge in [-0.1, -0.05) is 43.0 Å². The number of hydrogen-bond acceptors (Lipinski definition) is 8. The third kappa shape index (κ3) is 9.15. The predicted molar refractivity (Wildman–Crippen MR) is 184 cm³/mol. The second-order valence-corrected chi connectivity index (χ2v) is 13.7. The zero-order valence-corrected chi connectivity index (χ0v) is 27.9. The van der Waals surface area contributed by atoms with Crippen molar-refractivity contribution in [1.29, 1.82) is 0 Å². The van der Waals surface area contributed by atoms with Gasteiger partial charge in [0.15, 0.2) is 0 Å². The van der Waals surface area contributed by atoms with E-state index in [0.717, 1.165) is 36.2 Å². The number of halogens is 3. The number of benzene rings is 3. The molecule has 0 saturated carbocycles. The van der Waals surface area contributed by atoms with Crippen molar-refractivity contribution in [2.24, 2.45) is 0 Å². The van der Waals surface area contributed by atoms with E-state index in [1.807, 2.05) is 29.2 Å². The van der Waals surface area contributed by atoms with Gasteiger partial charge in [0, 0.05) is 49.2 Å². The number of para-hydroxylation sites is 1. The Morgan fingerprint density at radius 1 is 1.04 bits per heavy atom. The molecule has 1 atom stereocenters. The number of carbonyl (C=O) groups excluding carboxylic acids is 1. The van der Waals surface area contributed by atoms with E-state index in [4.69, 9.17) is 0 Å². The predicted octanol–water partition coefficient (Wildman–Crippen LogP) is 7.17. The van der Waals surface area contributed by atoms with Gasteiger partial charge in [0.2, 0.25) is 21.9 Å². The average Bonchev–Trinajstić information content (AvgIpc) is 3.07. The number of likely N-dealkylation sites (tertiary alicyclic amines) is 1. The van der Waals surface area contributed by atoms with E-state index < -0.39 is 33.6 Å². The summed E-state index contributed by atoms with van der Waals surface area (Å²) in [6, 6.07) is 20.6. The maximum absolute atomic E-state index is 13.9. The van der Waals surface area contributed by atoms with Crippen LogP contribution in [0.15, 0.2) is 96.5 Å². The number of nitrogens with zero attached hydrogens (tertiary/aromatic N) is 3. The van der Waals surface area contributed by atoms with Crippen LogP contribution in [-0.2, 0) is 27.5 Å². The molecule has 1 unspecified atom stereocenters. The number of amides is 1. The molecule has 1 aliphatic rings. The first kappa shape index (κ1) is 35.4. The van der Waals surface area contributed by atoms with Gasteiger partial charge in [0.25, 0.3) is 0 Å². The van der Waals surface area contributed by atoms with E-state index in [1.165, 1.54) is 30.3 Å². The first-order chi connectivity index (χ1) is 23.3. The fourth-order valence-corrected chi connectivity index (χ4v) is 6.98. The number of sulfonamides is 1. The normalized spacial score (nSPS) is 15.1. The molecule has 0 bridgehead atoms. The minimum Gasteiger partial charge on any atom is -0.381 e. The topological polar surface area (TPSA) is 128 Å². The summed E-state index contributed by atoms with van der Waals surface area (Å²) in [5.41, 5.74) is 2.37. The lowest BCUT2D eigenvalue weighted by molar-refractivity contribution is -0.137. The molecule has 2 heterocycles. The summed E-state index contributed by atoms with van der Waals surface area (Å²) in [4.78, 5) is 21.7. The summed E-state index contributed by atoms with van der Waals surface area (Å²) in [7, 11) is -4.03. The van der Waals surface area contributed by atoms with Crippen molar-refractivity contribution < 1.29 is 26.4 Å². The van der Waals surface area contributed by atoms with Gasteiger partial charge >= 0.3 is 6.18 Å². The summed E-state index contributed by atoms with van der Waals surface area (Å²) in [5.74, 6) is -0.520. The van der Waals surface area contributed by atoms with Crippen LogP contribution in [0.25, 0.3) is 0 Å². The SMILES string of the molecule is C=CC(=O)N1CCCC(c2cccc(NCc3ccc(Nc4ncc(C(F)(F)F)c(Nc5ccccc5S(=O)(=O)NC(C)C)n4)cc3)c2)C1. The van der Waals surface area contributed by atoms with Crippen LogP contribution in [0.5, 0.6) is 0 Å². The summed E-state index contributed by atoms with van der Waals surface area (Å²) in [6.07, 6.45) is -0.859. The zero-order valence-electron chi connectivity index (χ0n) is 27.1. The van der Waals surface area contributed by atoms with Crippen molar-refractivity contribution in [3.05, 3.63) is 108 Å². The van der Waals surface area contributed by atoms with E-state index in [9.17, 15) is 26.4 Å². The smallest absolute Gasteiger partial charge is 0.381 e. The van der Waals surface area contributed by atoms with Crippen LogP contribution in [0.3, 0.4) is 0 Å². The number of carbonyl (C=O) groups is 1. The second-order valence-electron chi connectivity index (χ2n) is 12.0. The number of rotatable bonds is 12. The van der Waals surface area contributed by atoms with Crippen LogP contribution in [0, 0.1) is 0 Å². The molecule has 1 saturated heterocycles. The minimum atomic E-state index is -4.81. The summed E-state index contributed by atoms with van der Waals surface area (Å²) in [5, 5.41) is 8.92. The van der Waals surface area contributed by atoms with Gasteiger partial charge in [0.05, 0.1) is 5.69 Å². The fraction of sp³-hybridized carbons (Fsp3) is 0.286. The Morgan fingerprint density at radius 3 is 2.51 bits per heavy atom. The Bertz CT molecular complexity index is 1900. The number of anilines is 5. The molecule has 1 aliphatic heterocycles. The van der Waals surface area contributed by atoms with Crippen LogP contribution >= 0.6 is 0 Å². The van der Waals surface area contributed by atoms with Crippen molar-refractivity contribution in [1.82, 2.24) is 19.6 Å². The van der Waals surface area contributed by atoms with E-state index in [-0.39, 0.29) is 28.4 Å². The van der Waals surface area contributed by atoms with Crippen LogP contribution in [-0.4, -0.2) is 48.3 Å². The molecule has 3 aromatic carbocycles. The van der Waals surface area contributed by atoms with Gasteiger partial charge in [-0.2, -0.15) is 18.2 Å². The molecule has 4 N–H and O–H groups in total. The first-order valence-corrected chi connectivity index (χ1v) is 17.2. The highest BCUT2D eigenvalue weighted by molar-refractivity contribution is 7.89. The molecule has 5 rings (SSSR count). The molecule has 0 aliphatic carbocycles. The van der Waals surface area contributed by atoms with Gasteiger partial charge in [-0.3, -0.25) is 4.79 Å². The highest BCUT2D eigenvalue weighted by Crippen LogP contribution is 2.36. The fourth-order valence-electron chi connectivity index (χ4n) is 5.57. The molecule has 0 spiro atoms. The third-order valence-electron chi connectivity index (χ3n) is 7.89. The minimum absolute atomic E-state index is 0.0485. The van der Waals surface area contributed by atoms with Crippen LogP contribution < -0.4 is 20.7 Å². The quantitative estimate of drug-likeness (QED) is 0.115. The Morgan fingerprint density at radius 2 is 1.80 bits per heavy atom. The van der Waals surface area contributed by atoms with Crippen LogP contribution in [0.2, 0.25) is 0 Å². The Kier molecular flexibility index (Phi) is 10.9. The Hall–Kier alpha value is -4.95. The van der Waals surface area contributed by atoms with Gasteiger partial charge < -0.3 is 20.9 Å². The maximum Gasteiger partial charge on any atom is 0.421 e. The number of hydrogen-bond donors (Lipinski definition) is 4. The molecule has 49 heavy (non-hydrogen) atoms. The molecule has 0 radical (unpaired) electrons. The lowest BCUT2D eigenvalue weighted by atomic mass is 9.90. The van der Waals surface area contributed by atoms with Crippen molar-refractivity contribution in [2.45, 2.75) is 56.3 Å². The zero-order chi connectivity index (χ0) is 35.2. The van der Waals surface area contributed by atoms with Gasteiger partial charge in [0.1, 0.15) is 16.3 Å². The molecule has 1 aromatic heterocycles. The molecule has 4 aromatic rings. The lowest BCUT2D eigenvalue weighted by Crippen LogP contribution is -2.38. The van der Waals surface area contributed by atoms with Crippen LogP contribution in [0.4, 0.5) is 42.0 Å². The Labute approximate surface area is 283 Å². The van der Waals surface area contributed by atoms with Gasteiger partial charge in [-0.05, 0) is 80.3 Å². The van der Waals surface area contributed by atoms with E-state index in [0.29, 0.717) is 25.0 Å². The summed E-state index contributed by atoms with van der Waals surface area (Å²) < 4.78 is 70.0. The highest BCUT2D eigenvalue weighted by atomic mass is 32.2. The molecular weight excluding hydrogens is 655 g/mol. The number of alkyl halides is 3. The Balaban J connectivity index is 1.27. The molecule has 14 heteroatoms. The van der Waals surface area contributed by atoms with E-state index in [1.54, 1.807) is 26.0 Å². The second kappa shape index (κ2) is 15.1. The summed E-state index contributed by atoms with van der Waals surface area (Å²) in [6.45, 7) is 8.81. The van der Waals surface area contributed by atoms with Gasteiger partial charge in [-0.25, -0.2) is 18.1 Å². The molecule has 258 valence electrons. The van der Waals surface area contributed by atoms with Crippen molar-refractivity contribution in [3.63, 3.8) is 0 Å². The lowest BCUT2D eigenvalue weighted by Gasteiger charge is -2.32. The first-order valence-electron chi connectivity index (χ1n) is 15.8. The van der Waals surface area contributed by atoms with E-state index >= 15 is 0 Å². The third-order valence-corrected chi connectivity index (χ3v) is 9.60. The maximum atomic E-state index is 13.9. The van der Waals surface area contributed by atoms with Gasteiger partial charge in [-0.15, -0.1) is 0 Å². The molecule has 1 amide bonds. The van der Waals surface area contributed by atoms with Crippen molar-refractivity contribution in [2.75, 3.05) is 29.0 Å². The number of piperidine rings is 1. The van der Waals surface area contributed by atoms with Crippen molar-refractivity contribution in [3.8, 4) is 0 Å². The largest absolute Gasteiger partial charge is 0.421 e. The van der Waals surface area contributed by atoms with Crippen LogP contribution in [0.1, 0.15) is 49.3 Å².